The normalized spacial score (nSPS) is 24.2. The topological polar surface area (TPSA) is 62.8 Å². The zero-order chi connectivity index (χ0) is 8.39. The third kappa shape index (κ3) is 1.65. The van der Waals surface area contributed by atoms with Gasteiger partial charge in [0.2, 0.25) is 4.73 Å². The van der Waals surface area contributed by atoms with E-state index in [4.69, 9.17) is 4.74 Å². The molecule has 0 aromatic carbocycles. The van der Waals surface area contributed by atoms with Crippen LogP contribution in [0.1, 0.15) is 11.9 Å². The van der Waals surface area contributed by atoms with E-state index in [1.807, 2.05) is 0 Å². The Morgan fingerprint density at radius 3 is 3.08 bits per heavy atom. The van der Waals surface area contributed by atoms with E-state index in [-0.39, 0.29) is 6.04 Å². The summed E-state index contributed by atoms with van der Waals surface area (Å²) in [4.78, 5) is 4.14. The molecule has 12 heavy (non-hydrogen) atoms. The summed E-state index contributed by atoms with van der Waals surface area (Å²) in [5.74, 6) is 0.821. The van der Waals surface area contributed by atoms with Crippen LogP contribution >= 0.6 is 15.9 Å². The molecule has 0 aliphatic carbocycles. The Labute approximate surface area is 78.0 Å². The molecule has 1 atom stereocenters. The van der Waals surface area contributed by atoms with Gasteiger partial charge in [-0.25, -0.2) is 4.98 Å². The molecule has 0 amide bonds. The van der Waals surface area contributed by atoms with Crippen LogP contribution in [0.3, 0.4) is 0 Å². The minimum absolute atomic E-state index is 0.151. The molecule has 0 spiro atoms. The number of morpholine rings is 1. The lowest BCUT2D eigenvalue weighted by molar-refractivity contribution is 0.0743. The molecule has 2 N–H and O–H groups in total. The van der Waals surface area contributed by atoms with E-state index >= 15 is 0 Å². The Bertz CT molecular complexity index is 258. The Balaban J connectivity index is 2.08. The van der Waals surface area contributed by atoms with Crippen molar-refractivity contribution in [3.8, 4) is 0 Å². The van der Waals surface area contributed by atoms with Crippen LogP contribution in [0, 0.1) is 0 Å². The highest BCUT2D eigenvalue weighted by molar-refractivity contribution is 9.10. The van der Waals surface area contributed by atoms with E-state index in [0.717, 1.165) is 19.0 Å². The predicted octanol–water partition coefficient (Wildman–Crippen LogP) is 0.228. The van der Waals surface area contributed by atoms with Gasteiger partial charge in [-0.05, 0) is 15.9 Å². The molecule has 0 bridgehead atoms. The molecule has 2 rings (SSSR count). The maximum Gasteiger partial charge on any atom is 0.217 e. The number of rotatable bonds is 1. The molecular formula is C6H9BrN4O. The Morgan fingerprint density at radius 2 is 2.50 bits per heavy atom. The number of nitrogens with one attached hydrogen (secondary N) is 2. The molecule has 1 fully saturated rings. The molecule has 66 valence electrons. The molecule has 0 radical (unpaired) electrons. The van der Waals surface area contributed by atoms with Crippen LogP contribution in [0.15, 0.2) is 4.73 Å². The second-order valence-corrected chi connectivity index (χ2v) is 3.28. The summed E-state index contributed by atoms with van der Waals surface area (Å²) in [5, 5.41) is 9.97. The number of aromatic nitrogens is 3. The van der Waals surface area contributed by atoms with Crippen LogP contribution in [0.2, 0.25) is 0 Å². The van der Waals surface area contributed by atoms with E-state index in [1.165, 1.54) is 0 Å². The van der Waals surface area contributed by atoms with E-state index in [9.17, 15) is 0 Å². The van der Waals surface area contributed by atoms with Crippen molar-refractivity contribution >= 4 is 15.9 Å². The van der Waals surface area contributed by atoms with Gasteiger partial charge in [-0.3, -0.25) is 5.10 Å². The van der Waals surface area contributed by atoms with Crippen LogP contribution in [0.4, 0.5) is 0 Å². The quantitative estimate of drug-likeness (QED) is 0.728. The first-order chi connectivity index (χ1) is 5.86. The molecule has 1 aliphatic heterocycles. The van der Waals surface area contributed by atoms with Crippen molar-refractivity contribution in [2.45, 2.75) is 6.04 Å². The SMILES string of the molecule is Brc1n[nH]c(C2COCCN2)n1. The number of hydrogen-bond acceptors (Lipinski definition) is 4. The zero-order valence-corrected chi connectivity index (χ0v) is 7.97. The number of ether oxygens (including phenoxy) is 1. The second-order valence-electron chi connectivity index (χ2n) is 2.57. The first-order valence-corrected chi connectivity index (χ1v) is 4.54. The Kier molecular flexibility index (Phi) is 2.38. The van der Waals surface area contributed by atoms with Crippen LogP contribution in [-0.4, -0.2) is 34.9 Å². The molecule has 1 aromatic rings. The molecule has 0 saturated carbocycles. The van der Waals surface area contributed by atoms with Gasteiger partial charge in [0, 0.05) is 6.54 Å². The lowest BCUT2D eigenvalue weighted by Gasteiger charge is -2.21. The van der Waals surface area contributed by atoms with Gasteiger partial charge >= 0.3 is 0 Å². The minimum atomic E-state index is 0.151. The largest absolute Gasteiger partial charge is 0.378 e. The summed E-state index contributed by atoms with van der Waals surface area (Å²) in [5.41, 5.74) is 0. The van der Waals surface area contributed by atoms with Crippen molar-refractivity contribution in [2.75, 3.05) is 19.8 Å². The Hall–Kier alpha value is -0.460. The minimum Gasteiger partial charge on any atom is -0.378 e. The fourth-order valence-electron chi connectivity index (χ4n) is 1.15. The molecular weight excluding hydrogens is 224 g/mol. The van der Waals surface area contributed by atoms with Crippen molar-refractivity contribution in [1.29, 1.82) is 0 Å². The van der Waals surface area contributed by atoms with Gasteiger partial charge in [-0.1, -0.05) is 0 Å². The predicted molar refractivity (Wildman–Crippen MR) is 45.6 cm³/mol. The van der Waals surface area contributed by atoms with E-state index < -0.39 is 0 Å². The van der Waals surface area contributed by atoms with Gasteiger partial charge in [0.05, 0.1) is 19.3 Å². The molecule has 5 nitrogen and oxygen atoms in total. The van der Waals surface area contributed by atoms with E-state index in [0.29, 0.717) is 11.3 Å². The van der Waals surface area contributed by atoms with Crippen molar-refractivity contribution in [3.05, 3.63) is 10.6 Å². The molecule has 1 saturated heterocycles. The number of aromatic amines is 1. The highest BCUT2D eigenvalue weighted by Crippen LogP contribution is 2.12. The van der Waals surface area contributed by atoms with Crippen molar-refractivity contribution in [3.63, 3.8) is 0 Å². The van der Waals surface area contributed by atoms with Gasteiger partial charge in [-0.15, -0.1) is 5.10 Å². The maximum absolute atomic E-state index is 5.28. The molecule has 6 heteroatoms. The number of nitrogens with zero attached hydrogens (tertiary/aromatic N) is 2. The standard InChI is InChI=1S/C6H9BrN4O/c7-6-9-5(10-11-6)4-3-12-2-1-8-4/h4,8H,1-3H2,(H,9,10,11). The third-order valence-corrected chi connectivity index (χ3v) is 2.08. The van der Waals surface area contributed by atoms with Gasteiger partial charge in [0.1, 0.15) is 5.82 Å². The van der Waals surface area contributed by atoms with Gasteiger partial charge < -0.3 is 10.1 Å². The third-order valence-electron chi connectivity index (χ3n) is 1.73. The zero-order valence-electron chi connectivity index (χ0n) is 6.38. The van der Waals surface area contributed by atoms with Crippen LogP contribution < -0.4 is 5.32 Å². The lowest BCUT2D eigenvalue weighted by Crippen LogP contribution is -2.35. The summed E-state index contributed by atoms with van der Waals surface area (Å²) in [6.07, 6.45) is 0. The van der Waals surface area contributed by atoms with Gasteiger partial charge in [0.15, 0.2) is 0 Å². The average molecular weight is 233 g/mol. The smallest absolute Gasteiger partial charge is 0.217 e. The van der Waals surface area contributed by atoms with Crippen LogP contribution in [-0.2, 0) is 4.74 Å². The first kappa shape index (κ1) is 8.15. The van der Waals surface area contributed by atoms with Crippen LogP contribution in [0.5, 0.6) is 0 Å². The number of halogens is 1. The second kappa shape index (κ2) is 3.51. The van der Waals surface area contributed by atoms with Crippen molar-refractivity contribution < 1.29 is 4.74 Å². The number of hydrogen-bond donors (Lipinski definition) is 2. The summed E-state index contributed by atoms with van der Waals surface area (Å²) in [6, 6.07) is 0.151. The maximum atomic E-state index is 5.28. The van der Waals surface area contributed by atoms with Gasteiger partial charge in [-0.2, -0.15) is 0 Å². The fourth-order valence-corrected chi connectivity index (χ4v) is 1.43. The molecule has 1 aliphatic rings. The van der Waals surface area contributed by atoms with Gasteiger partial charge in [0.25, 0.3) is 0 Å². The van der Waals surface area contributed by atoms with Crippen LogP contribution in [0.25, 0.3) is 0 Å². The Morgan fingerprint density at radius 1 is 1.58 bits per heavy atom. The molecule has 1 unspecified atom stereocenters. The summed E-state index contributed by atoms with van der Waals surface area (Å²) in [7, 11) is 0. The lowest BCUT2D eigenvalue weighted by atomic mass is 10.3. The number of H-pyrrole nitrogens is 1. The summed E-state index contributed by atoms with van der Waals surface area (Å²) < 4.78 is 5.87. The fraction of sp³-hybridized carbons (Fsp3) is 0.667. The van der Waals surface area contributed by atoms with Crippen molar-refractivity contribution in [1.82, 2.24) is 20.5 Å². The highest BCUT2D eigenvalue weighted by atomic mass is 79.9. The van der Waals surface area contributed by atoms with Crippen molar-refractivity contribution in [2.24, 2.45) is 0 Å². The van der Waals surface area contributed by atoms with E-state index in [1.54, 1.807) is 0 Å². The monoisotopic (exact) mass is 232 g/mol. The molecule has 2 heterocycles. The first-order valence-electron chi connectivity index (χ1n) is 3.75. The highest BCUT2D eigenvalue weighted by Gasteiger charge is 2.18. The summed E-state index contributed by atoms with van der Waals surface area (Å²) >= 11 is 3.18. The van der Waals surface area contributed by atoms with E-state index in [2.05, 4.69) is 36.4 Å². The molecule has 1 aromatic heterocycles. The average Bonchev–Trinajstić information content (AvgIpc) is 2.54. The summed E-state index contributed by atoms with van der Waals surface area (Å²) in [6.45, 7) is 2.29.